The zero-order chi connectivity index (χ0) is 13.1. The molecule has 1 aromatic carbocycles. The normalized spacial score (nSPS) is 20.6. The van der Waals surface area contributed by atoms with E-state index in [1.807, 2.05) is 0 Å². The molecule has 1 aromatic heterocycles. The van der Waals surface area contributed by atoms with Gasteiger partial charge in [0, 0.05) is 6.54 Å². The van der Waals surface area contributed by atoms with Gasteiger partial charge in [-0.05, 0) is 37.4 Å². The van der Waals surface area contributed by atoms with Crippen molar-refractivity contribution in [3.8, 4) is 0 Å². The summed E-state index contributed by atoms with van der Waals surface area (Å²) < 4.78 is 0. The Labute approximate surface area is 113 Å². The average Bonchev–Trinajstić information content (AvgIpc) is 2.96. The Kier molecular flexibility index (Phi) is 3.60. The number of hydrogen-bond donors (Lipinski definition) is 1. The Balaban J connectivity index is 1.80. The fraction of sp³-hybridized carbons (Fsp3) is 0.467. The Morgan fingerprint density at radius 2 is 2.21 bits per heavy atom. The van der Waals surface area contributed by atoms with Gasteiger partial charge < -0.3 is 0 Å². The lowest BCUT2D eigenvalue weighted by Gasteiger charge is -2.34. The van der Waals surface area contributed by atoms with Crippen LogP contribution in [0.3, 0.4) is 0 Å². The molecule has 0 saturated carbocycles. The number of nitrogens with zero attached hydrogens (tertiary/aromatic N) is 3. The molecular weight excluding hydrogens is 236 g/mol. The summed E-state index contributed by atoms with van der Waals surface area (Å²) in [5.41, 5.74) is 2.78. The summed E-state index contributed by atoms with van der Waals surface area (Å²) in [5, 5.41) is 7.03. The number of aryl methyl sites for hydroxylation is 1. The molecule has 1 fully saturated rings. The molecule has 1 saturated heterocycles. The molecule has 4 nitrogen and oxygen atoms in total. The standard InChI is InChI=1S/C15H20N4/c1-12-6-2-3-7-13(12)10-19-9-5-4-8-14(19)15-16-11-17-18-15/h2-3,6-7,11,14H,4-5,8-10H2,1H3,(H,16,17,18). The second-order valence-corrected chi connectivity index (χ2v) is 5.28. The van der Waals surface area contributed by atoms with Crippen LogP contribution in [0.25, 0.3) is 0 Å². The minimum atomic E-state index is 0.385. The van der Waals surface area contributed by atoms with E-state index in [4.69, 9.17) is 0 Å². The van der Waals surface area contributed by atoms with E-state index in [0.29, 0.717) is 6.04 Å². The predicted octanol–water partition coefficient (Wildman–Crippen LogP) is 2.84. The molecule has 1 aliphatic rings. The van der Waals surface area contributed by atoms with Crippen molar-refractivity contribution in [2.75, 3.05) is 6.54 Å². The van der Waals surface area contributed by atoms with Crippen molar-refractivity contribution in [2.24, 2.45) is 0 Å². The Morgan fingerprint density at radius 1 is 1.32 bits per heavy atom. The van der Waals surface area contributed by atoms with Crippen LogP contribution in [0.4, 0.5) is 0 Å². The molecule has 0 radical (unpaired) electrons. The molecular formula is C15H20N4. The summed E-state index contributed by atoms with van der Waals surface area (Å²) >= 11 is 0. The Bertz CT molecular complexity index is 521. The van der Waals surface area contributed by atoms with Crippen molar-refractivity contribution in [3.05, 3.63) is 47.5 Å². The lowest BCUT2D eigenvalue weighted by atomic mass is 9.99. The SMILES string of the molecule is Cc1ccccc1CN1CCCCC1c1ncn[nH]1. The van der Waals surface area contributed by atoms with Crippen molar-refractivity contribution in [1.29, 1.82) is 0 Å². The third-order valence-corrected chi connectivity index (χ3v) is 4.00. The summed E-state index contributed by atoms with van der Waals surface area (Å²) in [5.74, 6) is 1.01. The summed E-state index contributed by atoms with van der Waals surface area (Å²) in [4.78, 5) is 6.87. The second kappa shape index (κ2) is 5.53. The van der Waals surface area contributed by atoms with Crippen molar-refractivity contribution in [3.63, 3.8) is 0 Å². The first-order valence-corrected chi connectivity index (χ1v) is 6.98. The zero-order valence-electron chi connectivity index (χ0n) is 11.3. The van der Waals surface area contributed by atoms with Crippen molar-refractivity contribution in [2.45, 2.75) is 38.8 Å². The molecule has 0 amide bonds. The molecule has 2 heterocycles. The van der Waals surface area contributed by atoms with Crippen LogP contribution < -0.4 is 0 Å². The van der Waals surface area contributed by atoms with Gasteiger partial charge in [-0.3, -0.25) is 10.00 Å². The van der Waals surface area contributed by atoms with E-state index in [1.165, 1.54) is 30.4 Å². The minimum absolute atomic E-state index is 0.385. The molecule has 0 bridgehead atoms. The molecule has 3 rings (SSSR count). The molecule has 2 aromatic rings. The van der Waals surface area contributed by atoms with E-state index >= 15 is 0 Å². The van der Waals surface area contributed by atoms with Gasteiger partial charge in [-0.15, -0.1) is 0 Å². The summed E-state index contributed by atoms with van der Waals surface area (Å²) in [7, 11) is 0. The second-order valence-electron chi connectivity index (χ2n) is 5.28. The molecule has 0 aliphatic carbocycles. The maximum Gasteiger partial charge on any atom is 0.141 e. The number of likely N-dealkylation sites (tertiary alicyclic amines) is 1. The Hall–Kier alpha value is -1.68. The topological polar surface area (TPSA) is 44.8 Å². The van der Waals surface area contributed by atoms with E-state index in [1.54, 1.807) is 6.33 Å². The van der Waals surface area contributed by atoms with E-state index in [2.05, 4.69) is 51.3 Å². The van der Waals surface area contributed by atoms with Crippen LogP contribution in [0.15, 0.2) is 30.6 Å². The number of benzene rings is 1. The zero-order valence-corrected chi connectivity index (χ0v) is 11.3. The van der Waals surface area contributed by atoms with Gasteiger partial charge in [0.1, 0.15) is 12.2 Å². The third-order valence-electron chi connectivity index (χ3n) is 4.00. The summed E-state index contributed by atoms with van der Waals surface area (Å²) in [6.45, 7) is 4.32. The quantitative estimate of drug-likeness (QED) is 0.918. The van der Waals surface area contributed by atoms with Gasteiger partial charge in [0.15, 0.2) is 0 Å². The predicted molar refractivity (Wildman–Crippen MR) is 74.6 cm³/mol. The van der Waals surface area contributed by atoms with Crippen molar-refractivity contribution < 1.29 is 0 Å². The van der Waals surface area contributed by atoms with Crippen LogP contribution in [0.5, 0.6) is 0 Å². The van der Waals surface area contributed by atoms with Crippen LogP contribution in [-0.4, -0.2) is 26.6 Å². The van der Waals surface area contributed by atoms with Gasteiger partial charge in [-0.1, -0.05) is 30.7 Å². The summed E-state index contributed by atoms with van der Waals surface area (Å²) in [6.07, 6.45) is 5.32. The monoisotopic (exact) mass is 256 g/mol. The molecule has 100 valence electrons. The first kappa shape index (κ1) is 12.4. The number of nitrogens with one attached hydrogen (secondary N) is 1. The maximum absolute atomic E-state index is 4.35. The third kappa shape index (κ3) is 2.68. The van der Waals surface area contributed by atoms with Crippen LogP contribution in [0.2, 0.25) is 0 Å². The lowest BCUT2D eigenvalue weighted by molar-refractivity contribution is 0.134. The van der Waals surface area contributed by atoms with Gasteiger partial charge in [0.2, 0.25) is 0 Å². The summed E-state index contributed by atoms with van der Waals surface area (Å²) in [6, 6.07) is 9.01. The molecule has 4 heteroatoms. The van der Waals surface area contributed by atoms with Gasteiger partial charge in [-0.2, -0.15) is 5.10 Å². The van der Waals surface area contributed by atoms with E-state index in [0.717, 1.165) is 18.9 Å². The highest BCUT2D eigenvalue weighted by molar-refractivity contribution is 5.25. The number of H-pyrrole nitrogens is 1. The number of aromatic nitrogens is 3. The average molecular weight is 256 g/mol. The smallest absolute Gasteiger partial charge is 0.141 e. The number of piperidine rings is 1. The van der Waals surface area contributed by atoms with E-state index in [-0.39, 0.29) is 0 Å². The molecule has 1 atom stereocenters. The molecule has 0 spiro atoms. The lowest BCUT2D eigenvalue weighted by Crippen LogP contribution is -2.33. The van der Waals surface area contributed by atoms with E-state index < -0.39 is 0 Å². The van der Waals surface area contributed by atoms with Gasteiger partial charge in [0.05, 0.1) is 6.04 Å². The van der Waals surface area contributed by atoms with Gasteiger partial charge in [0.25, 0.3) is 0 Å². The first-order chi connectivity index (χ1) is 9.34. The number of aromatic amines is 1. The molecule has 1 aliphatic heterocycles. The van der Waals surface area contributed by atoms with Gasteiger partial charge in [-0.25, -0.2) is 4.98 Å². The Morgan fingerprint density at radius 3 is 3.00 bits per heavy atom. The molecule has 19 heavy (non-hydrogen) atoms. The number of rotatable bonds is 3. The van der Waals surface area contributed by atoms with Crippen molar-refractivity contribution in [1.82, 2.24) is 20.1 Å². The van der Waals surface area contributed by atoms with Crippen molar-refractivity contribution >= 4 is 0 Å². The largest absolute Gasteiger partial charge is 0.289 e. The highest BCUT2D eigenvalue weighted by Crippen LogP contribution is 2.30. The number of hydrogen-bond acceptors (Lipinski definition) is 3. The highest BCUT2D eigenvalue weighted by Gasteiger charge is 2.26. The maximum atomic E-state index is 4.35. The first-order valence-electron chi connectivity index (χ1n) is 6.98. The van der Waals surface area contributed by atoms with Crippen LogP contribution in [0.1, 0.15) is 42.3 Å². The molecule has 1 unspecified atom stereocenters. The van der Waals surface area contributed by atoms with E-state index in [9.17, 15) is 0 Å². The highest BCUT2D eigenvalue weighted by atomic mass is 15.3. The van der Waals surface area contributed by atoms with Gasteiger partial charge >= 0.3 is 0 Å². The minimum Gasteiger partial charge on any atom is -0.289 e. The van der Waals surface area contributed by atoms with Crippen LogP contribution >= 0.6 is 0 Å². The van der Waals surface area contributed by atoms with Crippen LogP contribution in [0, 0.1) is 6.92 Å². The fourth-order valence-corrected chi connectivity index (χ4v) is 2.87. The fourth-order valence-electron chi connectivity index (χ4n) is 2.87. The molecule has 1 N–H and O–H groups in total. The van der Waals surface area contributed by atoms with Crippen LogP contribution in [-0.2, 0) is 6.54 Å².